The molecule has 2 aromatic carbocycles. The topological polar surface area (TPSA) is 84.9 Å². The Kier molecular flexibility index (Phi) is 7.92. The van der Waals surface area contributed by atoms with Crippen LogP contribution in [0, 0.1) is 0 Å². The van der Waals surface area contributed by atoms with Gasteiger partial charge in [0.2, 0.25) is 15.9 Å². The van der Waals surface area contributed by atoms with Crippen molar-refractivity contribution in [2.45, 2.75) is 49.6 Å². The molecule has 0 saturated heterocycles. The van der Waals surface area contributed by atoms with Crippen molar-refractivity contribution in [1.82, 2.24) is 9.62 Å². The van der Waals surface area contributed by atoms with Gasteiger partial charge in [-0.25, -0.2) is 8.42 Å². The van der Waals surface area contributed by atoms with Gasteiger partial charge < -0.3 is 14.8 Å². The summed E-state index contributed by atoms with van der Waals surface area (Å²) in [5.74, 6) is 0.463. The first-order valence-electron chi connectivity index (χ1n) is 10.5. The van der Waals surface area contributed by atoms with Crippen molar-refractivity contribution in [2.24, 2.45) is 0 Å². The number of benzene rings is 2. The molecule has 0 unspecified atom stereocenters. The Morgan fingerprint density at radius 1 is 1.00 bits per heavy atom. The maximum Gasteiger partial charge on any atom is 0.243 e. The second kappa shape index (κ2) is 10.6. The summed E-state index contributed by atoms with van der Waals surface area (Å²) in [6.45, 7) is 0.142. The van der Waals surface area contributed by atoms with E-state index in [9.17, 15) is 13.2 Å². The maximum absolute atomic E-state index is 13.6. The van der Waals surface area contributed by atoms with Crippen molar-refractivity contribution in [1.29, 1.82) is 0 Å². The highest BCUT2D eigenvalue weighted by molar-refractivity contribution is 7.89. The van der Waals surface area contributed by atoms with Gasteiger partial charge in [-0.3, -0.25) is 4.79 Å². The Morgan fingerprint density at radius 2 is 1.68 bits per heavy atom. The number of hydrogen-bond acceptors (Lipinski definition) is 5. The lowest BCUT2D eigenvalue weighted by Gasteiger charge is -2.33. The third-order valence-corrected chi connectivity index (χ3v) is 7.47. The van der Waals surface area contributed by atoms with Crippen LogP contribution in [0.2, 0.25) is 0 Å². The lowest BCUT2D eigenvalue weighted by Crippen LogP contribution is -2.46. The van der Waals surface area contributed by atoms with E-state index in [1.54, 1.807) is 6.07 Å². The lowest BCUT2D eigenvalue weighted by molar-refractivity contribution is -0.121. The quantitative estimate of drug-likeness (QED) is 0.639. The minimum absolute atomic E-state index is 0.0894. The van der Waals surface area contributed by atoms with Crippen LogP contribution in [-0.4, -0.2) is 45.4 Å². The zero-order valence-electron chi connectivity index (χ0n) is 18.0. The first kappa shape index (κ1) is 23.1. The molecule has 8 heteroatoms. The van der Waals surface area contributed by atoms with Gasteiger partial charge in [-0.05, 0) is 30.5 Å². The zero-order valence-corrected chi connectivity index (χ0v) is 18.9. The van der Waals surface area contributed by atoms with Gasteiger partial charge >= 0.3 is 0 Å². The summed E-state index contributed by atoms with van der Waals surface area (Å²) < 4.78 is 39.0. The van der Waals surface area contributed by atoms with Crippen LogP contribution < -0.4 is 14.8 Å². The van der Waals surface area contributed by atoms with Crippen LogP contribution in [0.15, 0.2) is 53.4 Å². The van der Waals surface area contributed by atoms with Crippen LogP contribution in [0.25, 0.3) is 0 Å². The molecular formula is C23H30N2O5S. The molecule has 0 heterocycles. The molecule has 31 heavy (non-hydrogen) atoms. The molecule has 0 atom stereocenters. The average Bonchev–Trinajstić information content (AvgIpc) is 2.81. The molecule has 0 aliphatic heterocycles. The summed E-state index contributed by atoms with van der Waals surface area (Å²) in [5, 5.41) is 2.84. The van der Waals surface area contributed by atoms with E-state index in [1.807, 2.05) is 30.3 Å². The predicted octanol–water partition coefficient (Wildman–Crippen LogP) is 3.34. The SMILES string of the molecule is COc1ccc(S(=O)(=O)N(CC(=O)NCc2ccccc2)C2CCCCC2)cc1OC. The van der Waals surface area contributed by atoms with Crippen molar-refractivity contribution in [3.63, 3.8) is 0 Å². The minimum atomic E-state index is -3.90. The van der Waals surface area contributed by atoms with Crippen LogP contribution in [0.3, 0.4) is 0 Å². The molecule has 168 valence electrons. The molecule has 1 amide bonds. The fourth-order valence-corrected chi connectivity index (χ4v) is 5.54. The zero-order chi connectivity index (χ0) is 22.3. The van der Waals surface area contributed by atoms with Crippen molar-refractivity contribution < 1.29 is 22.7 Å². The lowest BCUT2D eigenvalue weighted by atomic mass is 9.95. The average molecular weight is 447 g/mol. The maximum atomic E-state index is 13.6. The number of nitrogens with one attached hydrogen (secondary N) is 1. The summed E-state index contributed by atoms with van der Waals surface area (Å²) in [7, 11) is -0.939. The number of rotatable bonds is 9. The number of amides is 1. The molecule has 2 aromatic rings. The van der Waals surface area contributed by atoms with Gasteiger partial charge in [-0.15, -0.1) is 0 Å². The van der Waals surface area contributed by atoms with E-state index < -0.39 is 10.0 Å². The standard InChI is InChI=1S/C23H30N2O5S/c1-29-21-14-13-20(15-22(21)30-2)31(27,28)25(19-11-7-4-8-12-19)17-23(26)24-16-18-9-5-3-6-10-18/h3,5-6,9-10,13-15,19H,4,7-8,11-12,16-17H2,1-2H3,(H,24,26). The van der Waals surface area contributed by atoms with Crippen LogP contribution >= 0.6 is 0 Å². The van der Waals surface area contributed by atoms with Gasteiger partial charge in [0.25, 0.3) is 0 Å². The number of nitrogens with zero attached hydrogens (tertiary/aromatic N) is 1. The highest BCUT2D eigenvalue weighted by Gasteiger charge is 2.34. The van der Waals surface area contributed by atoms with Crippen molar-refractivity contribution in [2.75, 3.05) is 20.8 Å². The third kappa shape index (κ3) is 5.77. The molecule has 3 rings (SSSR count). The van der Waals surface area contributed by atoms with E-state index in [2.05, 4.69) is 5.32 Å². The summed E-state index contributed by atoms with van der Waals surface area (Å²) >= 11 is 0. The highest BCUT2D eigenvalue weighted by Crippen LogP contribution is 2.33. The van der Waals surface area contributed by atoms with Gasteiger partial charge in [0, 0.05) is 18.7 Å². The smallest absolute Gasteiger partial charge is 0.243 e. The normalized spacial score (nSPS) is 14.9. The van der Waals surface area contributed by atoms with Crippen LogP contribution in [-0.2, 0) is 21.4 Å². The number of carbonyl (C=O) groups is 1. The van der Waals surface area contributed by atoms with E-state index in [0.717, 1.165) is 37.7 Å². The number of ether oxygens (including phenoxy) is 2. The van der Waals surface area contributed by atoms with E-state index in [1.165, 1.54) is 30.7 Å². The molecule has 0 aromatic heterocycles. The largest absolute Gasteiger partial charge is 0.493 e. The Balaban J connectivity index is 1.83. The van der Waals surface area contributed by atoms with Gasteiger partial charge in [0.1, 0.15) is 0 Å². The molecule has 1 saturated carbocycles. The second-order valence-corrected chi connectivity index (χ2v) is 9.51. The summed E-state index contributed by atoms with van der Waals surface area (Å²) in [5.41, 5.74) is 0.961. The van der Waals surface area contributed by atoms with Gasteiger partial charge in [-0.1, -0.05) is 49.6 Å². The third-order valence-electron chi connectivity index (χ3n) is 5.58. The first-order chi connectivity index (χ1) is 15.0. The van der Waals surface area contributed by atoms with E-state index in [-0.39, 0.29) is 23.4 Å². The van der Waals surface area contributed by atoms with Gasteiger partial charge in [0.05, 0.1) is 25.7 Å². The summed E-state index contributed by atoms with van der Waals surface area (Å²) in [6, 6.07) is 13.9. The number of hydrogen-bond donors (Lipinski definition) is 1. The molecule has 1 aliphatic rings. The molecule has 0 bridgehead atoms. The summed E-state index contributed by atoms with van der Waals surface area (Å²) in [6.07, 6.45) is 4.49. The Bertz CT molecular complexity index is 973. The van der Waals surface area contributed by atoms with Crippen LogP contribution in [0.1, 0.15) is 37.7 Å². The van der Waals surface area contributed by atoms with Crippen LogP contribution in [0.4, 0.5) is 0 Å². The van der Waals surface area contributed by atoms with E-state index >= 15 is 0 Å². The Hall–Kier alpha value is -2.58. The molecule has 1 N–H and O–H groups in total. The van der Waals surface area contributed by atoms with E-state index in [4.69, 9.17) is 9.47 Å². The minimum Gasteiger partial charge on any atom is -0.493 e. The molecule has 7 nitrogen and oxygen atoms in total. The second-order valence-electron chi connectivity index (χ2n) is 7.62. The molecular weight excluding hydrogens is 416 g/mol. The Morgan fingerprint density at radius 3 is 2.32 bits per heavy atom. The molecule has 0 radical (unpaired) electrons. The number of methoxy groups -OCH3 is 2. The molecule has 1 aliphatic carbocycles. The first-order valence-corrected chi connectivity index (χ1v) is 11.9. The highest BCUT2D eigenvalue weighted by atomic mass is 32.2. The van der Waals surface area contributed by atoms with E-state index in [0.29, 0.717) is 18.0 Å². The summed E-state index contributed by atoms with van der Waals surface area (Å²) in [4.78, 5) is 12.8. The fourth-order valence-electron chi connectivity index (χ4n) is 3.89. The van der Waals surface area contributed by atoms with Crippen molar-refractivity contribution in [3.05, 3.63) is 54.1 Å². The Labute approximate surface area is 184 Å². The molecule has 1 fully saturated rings. The van der Waals surface area contributed by atoms with Crippen molar-refractivity contribution in [3.8, 4) is 11.5 Å². The van der Waals surface area contributed by atoms with Gasteiger partial charge in [0.15, 0.2) is 11.5 Å². The number of carbonyl (C=O) groups excluding carboxylic acids is 1. The van der Waals surface area contributed by atoms with Crippen LogP contribution in [0.5, 0.6) is 11.5 Å². The van der Waals surface area contributed by atoms with Gasteiger partial charge in [-0.2, -0.15) is 4.31 Å². The monoisotopic (exact) mass is 446 g/mol. The predicted molar refractivity (Wildman–Crippen MR) is 119 cm³/mol. The number of sulfonamides is 1. The van der Waals surface area contributed by atoms with Crippen molar-refractivity contribution >= 4 is 15.9 Å². The fraction of sp³-hybridized carbons (Fsp3) is 0.435. The molecule has 0 spiro atoms.